The predicted molar refractivity (Wildman–Crippen MR) is 105 cm³/mol. The van der Waals surface area contributed by atoms with Gasteiger partial charge in [0, 0.05) is 13.1 Å². The van der Waals surface area contributed by atoms with Crippen LogP contribution < -0.4 is 0 Å². The second kappa shape index (κ2) is 8.17. The van der Waals surface area contributed by atoms with Gasteiger partial charge in [-0.05, 0) is 68.0 Å². The molecule has 1 saturated heterocycles. The van der Waals surface area contributed by atoms with E-state index in [9.17, 15) is 4.79 Å². The Balaban J connectivity index is 1.70. The molecular formula is C22H26N2O2. The molecule has 4 nitrogen and oxygen atoms in total. The maximum Gasteiger partial charge on any atom is 0.338 e. The van der Waals surface area contributed by atoms with E-state index in [1.807, 2.05) is 63.5 Å². The second-order valence-electron chi connectivity index (χ2n) is 6.94. The van der Waals surface area contributed by atoms with Crippen molar-refractivity contribution in [3.05, 3.63) is 64.2 Å². The van der Waals surface area contributed by atoms with Crippen molar-refractivity contribution in [2.24, 2.45) is 4.99 Å². The first kappa shape index (κ1) is 18.2. The summed E-state index contributed by atoms with van der Waals surface area (Å²) in [4.78, 5) is 19.4. The third-order valence-corrected chi connectivity index (χ3v) is 4.88. The zero-order valence-corrected chi connectivity index (χ0v) is 15.8. The summed E-state index contributed by atoms with van der Waals surface area (Å²) in [6.07, 6.45) is 4.39. The van der Waals surface area contributed by atoms with Gasteiger partial charge in [-0.1, -0.05) is 24.3 Å². The number of likely N-dealkylation sites (tertiary alicyclic amines) is 1. The Morgan fingerprint density at radius 2 is 1.81 bits per heavy atom. The van der Waals surface area contributed by atoms with Gasteiger partial charge in [-0.3, -0.25) is 0 Å². The molecule has 1 fully saturated rings. The molecule has 0 N–H and O–H groups in total. The maximum atomic E-state index is 12.5. The van der Waals surface area contributed by atoms with Crippen LogP contribution in [0.5, 0.6) is 0 Å². The molecule has 1 aliphatic heterocycles. The van der Waals surface area contributed by atoms with Gasteiger partial charge < -0.3 is 9.64 Å². The van der Waals surface area contributed by atoms with E-state index in [0.29, 0.717) is 12.2 Å². The van der Waals surface area contributed by atoms with E-state index in [-0.39, 0.29) is 5.97 Å². The van der Waals surface area contributed by atoms with Crippen molar-refractivity contribution >= 4 is 18.0 Å². The van der Waals surface area contributed by atoms with Gasteiger partial charge in [-0.15, -0.1) is 0 Å². The number of carbonyl (C=O) groups excluding carboxylic acids is 1. The standard InChI is InChI=1S/C22H26N2O2/c1-16-8-4-5-9-19(16)14-26-22(25)20-12-18(3)21(13-17(20)2)23-15-24-10-6-7-11-24/h4-5,8-9,12-13,15H,6-7,10-11,14H2,1-3H3/b23-15+. The van der Waals surface area contributed by atoms with Crippen LogP contribution in [-0.2, 0) is 11.3 Å². The van der Waals surface area contributed by atoms with Crippen molar-refractivity contribution in [3.8, 4) is 0 Å². The number of nitrogens with zero attached hydrogens (tertiary/aromatic N) is 2. The number of aliphatic imine (C=N–C) groups is 1. The van der Waals surface area contributed by atoms with E-state index < -0.39 is 0 Å². The Hall–Kier alpha value is -2.62. The van der Waals surface area contributed by atoms with Crippen molar-refractivity contribution < 1.29 is 9.53 Å². The number of hydrogen-bond acceptors (Lipinski definition) is 3. The summed E-state index contributed by atoms with van der Waals surface area (Å²) in [5, 5.41) is 0. The molecule has 0 aromatic heterocycles. The molecule has 1 aliphatic rings. The third-order valence-electron chi connectivity index (χ3n) is 4.88. The van der Waals surface area contributed by atoms with Crippen LogP contribution in [0.2, 0.25) is 0 Å². The molecule has 3 rings (SSSR count). The zero-order valence-electron chi connectivity index (χ0n) is 15.8. The predicted octanol–water partition coefficient (Wildman–Crippen LogP) is 4.72. The van der Waals surface area contributed by atoms with Gasteiger partial charge in [0.15, 0.2) is 0 Å². The first-order valence-electron chi connectivity index (χ1n) is 9.15. The highest BCUT2D eigenvalue weighted by atomic mass is 16.5. The number of benzene rings is 2. The van der Waals surface area contributed by atoms with Gasteiger partial charge in [0.05, 0.1) is 17.6 Å². The minimum absolute atomic E-state index is 0.288. The SMILES string of the molecule is Cc1ccccc1COC(=O)c1cc(C)c(/N=C/N2CCCC2)cc1C. The van der Waals surface area contributed by atoms with E-state index in [0.717, 1.165) is 41.0 Å². The van der Waals surface area contributed by atoms with Crippen molar-refractivity contribution in [3.63, 3.8) is 0 Å². The van der Waals surface area contributed by atoms with Gasteiger partial charge in [-0.2, -0.15) is 0 Å². The number of rotatable bonds is 5. The van der Waals surface area contributed by atoms with Crippen LogP contribution in [0.15, 0.2) is 41.4 Å². The average molecular weight is 350 g/mol. The highest BCUT2D eigenvalue weighted by Gasteiger charge is 2.14. The average Bonchev–Trinajstić information content (AvgIpc) is 3.14. The summed E-state index contributed by atoms with van der Waals surface area (Å²) in [6, 6.07) is 11.8. The van der Waals surface area contributed by atoms with Gasteiger partial charge in [0.25, 0.3) is 0 Å². The third kappa shape index (κ3) is 4.31. The van der Waals surface area contributed by atoms with Crippen molar-refractivity contribution in [2.45, 2.75) is 40.2 Å². The fourth-order valence-electron chi connectivity index (χ4n) is 3.15. The van der Waals surface area contributed by atoms with E-state index >= 15 is 0 Å². The number of esters is 1. The number of ether oxygens (including phenoxy) is 1. The van der Waals surface area contributed by atoms with Crippen molar-refractivity contribution in [1.82, 2.24) is 4.90 Å². The lowest BCUT2D eigenvalue weighted by Gasteiger charge is -2.12. The fourth-order valence-corrected chi connectivity index (χ4v) is 3.15. The normalized spacial score (nSPS) is 14.2. The zero-order chi connectivity index (χ0) is 18.5. The number of aryl methyl sites for hydroxylation is 3. The fraction of sp³-hybridized carbons (Fsp3) is 0.364. The largest absolute Gasteiger partial charge is 0.457 e. The minimum Gasteiger partial charge on any atom is -0.457 e. The molecule has 2 aromatic carbocycles. The summed E-state index contributed by atoms with van der Waals surface area (Å²) in [5.74, 6) is -0.288. The van der Waals surface area contributed by atoms with Crippen LogP contribution in [0.25, 0.3) is 0 Å². The Kier molecular flexibility index (Phi) is 5.71. The van der Waals surface area contributed by atoms with Crippen LogP contribution >= 0.6 is 0 Å². The van der Waals surface area contributed by atoms with E-state index in [1.165, 1.54) is 12.8 Å². The summed E-state index contributed by atoms with van der Waals surface area (Å²) < 4.78 is 5.53. The topological polar surface area (TPSA) is 41.9 Å². The molecular weight excluding hydrogens is 324 g/mol. The molecule has 0 radical (unpaired) electrons. The smallest absolute Gasteiger partial charge is 0.338 e. The number of hydrogen-bond donors (Lipinski definition) is 0. The Morgan fingerprint density at radius 3 is 2.54 bits per heavy atom. The minimum atomic E-state index is -0.288. The molecule has 26 heavy (non-hydrogen) atoms. The summed E-state index contributed by atoms with van der Waals surface area (Å²) in [6.45, 7) is 8.37. The first-order valence-corrected chi connectivity index (χ1v) is 9.15. The van der Waals surface area contributed by atoms with Gasteiger partial charge in [-0.25, -0.2) is 9.79 Å². The van der Waals surface area contributed by atoms with Gasteiger partial charge in [0.2, 0.25) is 0 Å². The maximum absolute atomic E-state index is 12.5. The Bertz CT molecular complexity index is 821. The molecule has 0 spiro atoms. The summed E-state index contributed by atoms with van der Waals surface area (Å²) >= 11 is 0. The van der Waals surface area contributed by atoms with E-state index in [2.05, 4.69) is 9.89 Å². The molecule has 0 bridgehead atoms. The van der Waals surface area contributed by atoms with Gasteiger partial charge in [0.1, 0.15) is 6.61 Å². The van der Waals surface area contributed by atoms with Crippen molar-refractivity contribution in [2.75, 3.05) is 13.1 Å². The lowest BCUT2D eigenvalue weighted by molar-refractivity contribution is 0.0471. The monoisotopic (exact) mass is 350 g/mol. The molecule has 2 aromatic rings. The molecule has 4 heteroatoms. The highest BCUT2D eigenvalue weighted by molar-refractivity contribution is 5.92. The number of carbonyl (C=O) groups is 1. The lowest BCUT2D eigenvalue weighted by Crippen LogP contribution is -2.16. The van der Waals surface area contributed by atoms with Crippen LogP contribution in [0.1, 0.15) is 45.5 Å². The quantitative estimate of drug-likeness (QED) is 0.445. The molecule has 0 unspecified atom stereocenters. The second-order valence-corrected chi connectivity index (χ2v) is 6.94. The van der Waals surface area contributed by atoms with Crippen LogP contribution in [0.4, 0.5) is 5.69 Å². The molecule has 0 atom stereocenters. The Morgan fingerprint density at radius 1 is 1.08 bits per heavy atom. The molecule has 0 aliphatic carbocycles. The van der Waals surface area contributed by atoms with Crippen LogP contribution in [0.3, 0.4) is 0 Å². The molecule has 136 valence electrons. The molecule has 0 saturated carbocycles. The van der Waals surface area contributed by atoms with Crippen molar-refractivity contribution in [1.29, 1.82) is 0 Å². The highest BCUT2D eigenvalue weighted by Crippen LogP contribution is 2.24. The van der Waals surface area contributed by atoms with Crippen LogP contribution in [0, 0.1) is 20.8 Å². The molecule has 1 heterocycles. The van der Waals surface area contributed by atoms with Gasteiger partial charge >= 0.3 is 5.97 Å². The lowest BCUT2D eigenvalue weighted by atomic mass is 10.0. The first-order chi connectivity index (χ1) is 12.5. The Labute approximate surface area is 155 Å². The van der Waals surface area contributed by atoms with E-state index in [1.54, 1.807) is 0 Å². The summed E-state index contributed by atoms with van der Waals surface area (Å²) in [7, 11) is 0. The summed E-state index contributed by atoms with van der Waals surface area (Å²) in [5.41, 5.74) is 5.54. The van der Waals surface area contributed by atoms with Crippen LogP contribution in [-0.4, -0.2) is 30.3 Å². The van der Waals surface area contributed by atoms with E-state index in [4.69, 9.17) is 4.74 Å². The molecule has 0 amide bonds.